The summed E-state index contributed by atoms with van der Waals surface area (Å²) in [5.74, 6) is -0.572. The first-order chi connectivity index (χ1) is 17.5. The molecule has 2 N–H and O–H groups in total. The Morgan fingerprint density at radius 1 is 1.11 bits per heavy atom. The van der Waals surface area contributed by atoms with E-state index in [0.717, 1.165) is 54.0 Å². The lowest BCUT2D eigenvalue weighted by Gasteiger charge is -2.32. The van der Waals surface area contributed by atoms with Crippen molar-refractivity contribution in [3.05, 3.63) is 70.6 Å². The van der Waals surface area contributed by atoms with Crippen molar-refractivity contribution in [2.24, 2.45) is 0 Å². The topological polar surface area (TPSA) is 60.2 Å². The van der Waals surface area contributed by atoms with Gasteiger partial charge in [-0.05, 0) is 61.7 Å². The van der Waals surface area contributed by atoms with Crippen LogP contribution in [-0.4, -0.2) is 61.3 Å². The van der Waals surface area contributed by atoms with Gasteiger partial charge in [-0.15, -0.1) is 11.3 Å². The molecule has 2 aliphatic heterocycles. The van der Waals surface area contributed by atoms with Crippen LogP contribution in [0.2, 0.25) is 0 Å². The molecule has 2 fully saturated rings. The van der Waals surface area contributed by atoms with Gasteiger partial charge in [0, 0.05) is 48.3 Å². The molecular formula is C28H29FN4O2S. The number of nitrogens with one attached hydrogen (secondary N) is 1. The average molecular weight is 505 g/mol. The Hall–Kier alpha value is -3.25. The molecule has 0 aliphatic carbocycles. The Kier molecular flexibility index (Phi) is 7.06. The van der Waals surface area contributed by atoms with Crippen molar-refractivity contribution < 1.29 is 14.3 Å². The lowest BCUT2D eigenvalue weighted by Crippen LogP contribution is -2.46. The lowest BCUT2D eigenvalue weighted by molar-refractivity contribution is 0.0703. The van der Waals surface area contributed by atoms with Gasteiger partial charge >= 0.3 is 0 Å². The molecule has 1 amide bonds. The molecule has 8 heteroatoms. The molecule has 2 aliphatic rings. The number of aliphatic hydroxyl groups excluding tert-OH is 1. The number of nitrogens with zero attached hydrogens (tertiary/aromatic N) is 3. The molecule has 3 aromatic rings. The van der Waals surface area contributed by atoms with Gasteiger partial charge in [-0.2, -0.15) is 0 Å². The summed E-state index contributed by atoms with van der Waals surface area (Å²) in [5.41, 5.74) is 3.40. The highest BCUT2D eigenvalue weighted by Crippen LogP contribution is 2.41. The Morgan fingerprint density at radius 2 is 1.89 bits per heavy atom. The first-order valence-corrected chi connectivity index (χ1v) is 13.1. The van der Waals surface area contributed by atoms with Crippen LogP contribution < -0.4 is 10.2 Å². The standard InChI is InChI=1S/C28H29FN4O2S/c1-30-20-4-3-12-33(16-20)28(35)26-15-23(19-7-10-25(31-2)24(29)14-19)27(36-26)18-5-8-21(9-6-18)32-13-11-22(34)17-32/h5-10,14-15,20,22,30,34H,3-4,11-13,16-17H2,1H3/t20-,22?/m1/s1. The van der Waals surface area contributed by atoms with Gasteiger partial charge in [-0.1, -0.05) is 24.3 Å². The number of hydrogen-bond donors (Lipinski definition) is 2. The van der Waals surface area contributed by atoms with E-state index in [-0.39, 0.29) is 23.7 Å². The summed E-state index contributed by atoms with van der Waals surface area (Å²) in [6, 6.07) is 14.9. The third-order valence-electron chi connectivity index (χ3n) is 7.10. The van der Waals surface area contributed by atoms with Crippen LogP contribution in [0.15, 0.2) is 48.5 Å². The zero-order valence-corrected chi connectivity index (χ0v) is 21.0. The van der Waals surface area contributed by atoms with Gasteiger partial charge in [-0.25, -0.2) is 9.24 Å². The molecule has 0 bridgehead atoms. The number of likely N-dealkylation sites (tertiary alicyclic amines) is 1. The number of thiophene rings is 1. The minimum Gasteiger partial charge on any atom is -0.391 e. The van der Waals surface area contributed by atoms with E-state index < -0.39 is 5.82 Å². The fraction of sp³-hybridized carbons (Fsp3) is 0.357. The molecule has 2 saturated heterocycles. The summed E-state index contributed by atoms with van der Waals surface area (Å²) in [6.07, 6.45) is 2.47. The first-order valence-electron chi connectivity index (χ1n) is 12.3. The lowest BCUT2D eigenvalue weighted by atomic mass is 10.0. The molecule has 5 rings (SSSR count). The Balaban J connectivity index is 1.52. The quantitative estimate of drug-likeness (QED) is 0.471. The van der Waals surface area contributed by atoms with Crippen LogP contribution in [-0.2, 0) is 0 Å². The van der Waals surface area contributed by atoms with E-state index in [0.29, 0.717) is 23.5 Å². The minimum absolute atomic E-state index is 0.00613. The number of likely N-dealkylation sites (N-methyl/N-ethyl adjacent to an activating group) is 1. The predicted molar refractivity (Wildman–Crippen MR) is 142 cm³/mol. The zero-order valence-electron chi connectivity index (χ0n) is 20.2. The van der Waals surface area contributed by atoms with Gasteiger partial charge in [0.15, 0.2) is 0 Å². The van der Waals surface area contributed by atoms with Gasteiger partial charge in [0.25, 0.3) is 5.91 Å². The van der Waals surface area contributed by atoms with Crippen LogP contribution in [0.1, 0.15) is 28.9 Å². The number of β-amino-alcohol motifs (C(OH)–C–C–N with tert-alkyl or cyclic N) is 1. The fourth-order valence-electron chi connectivity index (χ4n) is 5.04. The molecule has 186 valence electrons. The van der Waals surface area contributed by atoms with Crippen molar-refractivity contribution in [1.82, 2.24) is 10.2 Å². The van der Waals surface area contributed by atoms with Gasteiger partial charge in [0.05, 0.1) is 17.6 Å². The van der Waals surface area contributed by atoms with E-state index in [1.165, 1.54) is 23.5 Å². The minimum atomic E-state index is -0.566. The number of amides is 1. The van der Waals surface area contributed by atoms with E-state index in [9.17, 15) is 14.3 Å². The summed E-state index contributed by atoms with van der Waals surface area (Å²) < 4.78 is 14.5. The number of anilines is 1. The number of piperidine rings is 1. The van der Waals surface area contributed by atoms with E-state index in [4.69, 9.17) is 6.57 Å². The van der Waals surface area contributed by atoms with E-state index in [1.54, 1.807) is 6.07 Å². The van der Waals surface area contributed by atoms with Crippen LogP contribution in [0.3, 0.4) is 0 Å². The van der Waals surface area contributed by atoms with Gasteiger partial charge in [0.2, 0.25) is 5.69 Å². The fourth-order valence-corrected chi connectivity index (χ4v) is 6.20. The highest BCUT2D eigenvalue weighted by atomic mass is 32.1. The summed E-state index contributed by atoms with van der Waals surface area (Å²) >= 11 is 1.42. The van der Waals surface area contributed by atoms with Crippen molar-refractivity contribution in [2.75, 3.05) is 38.1 Å². The molecule has 2 atom stereocenters. The van der Waals surface area contributed by atoms with Gasteiger partial charge in [0.1, 0.15) is 5.82 Å². The second-order valence-corrected chi connectivity index (χ2v) is 10.5. The van der Waals surface area contributed by atoms with Crippen molar-refractivity contribution in [1.29, 1.82) is 0 Å². The highest BCUT2D eigenvalue weighted by Gasteiger charge is 2.27. The van der Waals surface area contributed by atoms with Crippen LogP contribution in [0, 0.1) is 12.4 Å². The van der Waals surface area contributed by atoms with Crippen molar-refractivity contribution in [3.8, 4) is 21.6 Å². The maximum absolute atomic E-state index is 14.5. The van der Waals surface area contributed by atoms with E-state index >= 15 is 0 Å². The van der Waals surface area contributed by atoms with Crippen molar-refractivity contribution in [2.45, 2.75) is 31.4 Å². The second kappa shape index (κ2) is 10.4. The highest BCUT2D eigenvalue weighted by molar-refractivity contribution is 7.18. The molecule has 0 spiro atoms. The molecule has 0 radical (unpaired) electrons. The predicted octanol–water partition coefficient (Wildman–Crippen LogP) is 5.17. The smallest absolute Gasteiger partial charge is 0.264 e. The van der Waals surface area contributed by atoms with Crippen LogP contribution in [0.5, 0.6) is 0 Å². The molecule has 6 nitrogen and oxygen atoms in total. The van der Waals surface area contributed by atoms with Crippen LogP contribution >= 0.6 is 11.3 Å². The number of aliphatic hydroxyl groups is 1. The summed E-state index contributed by atoms with van der Waals surface area (Å²) in [6.45, 7) is 10.00. The maximum Gasteiger partial charge on any atom is 0.264 e. The van der Waals surface area contributed by atoms with Gasteiger partial charge < -0.3 is 20.2 Å². The monoisotopic (exact) mass is 504 g/mol. The first kappa shape index (κ1) is 24.4. The van der Waals surface area contributed by atoms with E-state index in [2.05, 4.69) is 15.1 Å². The number of carbonyl (C=O) groups excluding carboxylic acids is 1. The number of hydrogen-bond acceptors (Lipinski definition) is 5. The molecule has 1 aromatic heterocycles. The maximum atomic E-state index is 14.5. The van der Waals surface area contributed by atoms with Crippen molar-refractivity contribution in [3.63, 3.8) is 0 Å². The number of carbonyl (C=O) groups is 1. The van der Waals surface area contributed by atoms with Gasteiger partial charge in [-0.3, -0.25) is 4.79 Å². The molecule has 1 unspecified atom stereocenters. The molecule has 2 aromatic carbocycles. The normalized spacial score (nSPS) is 19.9. The summed E-state index contributed by atoms with van der Waals surface area (Å²) in [5, 5.41) is 13.2. The molecule has 0 saturated carbocycles. The van der Waals surface area contributed by atoms with Crippen LogP contribution in [0.25, 0.3) is 26.4 Å². The van der Waals surface area contributed by atoms with Crippen molar-refractivity contribution >= 4 is 28.6 Å². The molecule has 36 heavy (non-hydrogen) atoms. The second-order valence-electron chi connectivity index (χ2n) is 9.45. The average Bonchev–Trinajstić information content (AvgIpc) is 3.55. The Labute approximate surface area is 214 Å². The van der Waals surface area contributed by atoms with Crippen LogP contribution in [0.4, 0.5) is 15.8 Å². The number of halogens is 1. The largest absolute Gasteiger partial charge is 0.391 e. The zero-order chi connectivity index (χ0) is 25.2. The molecule has 3 heterocycles. The number of benzene rings is 2. The van der Waals surface area contributed by atoms with E-state index in [1.807, 2.05) is 42.3 Å². The Morgan fingerprint density at radius 3 is 2.56 bits per heavy atom. The number of rotatable bonds is 5. The Bertz CT molecular complexity index is 1300. The third kappa shape index (κ3) is 4.87. The third-order valence-corrected chi connectivity index (χ3v) is 8.27. The summed E-state index contributed by atoms with van der Waals surface area (Å²) in [4.78, 5) is 22.3. The SMILES string of the molecule is [C-]#[N+]c1ccc(-c2cc(C(=O)N3CCC[C@@H](NC)C3)sc2-c2ccc(N3CCC(O)C3)cc2)cc1F. The summed E-state index contributed by atoms with van der Waals surface area (Å²) in [7, 11) is 1.92. The molecular weight excluding hydrogens is 475 g/mol.